The van der Waals surface area contributed by atoms with Crippen LogP contribution in [0.25, 0.3) is 5.69 Å². The van der Waals surface area contributed by atoms with Gasteiger partial charge in [-0.3, -0.25) is 0 Å². The molecule has 0 unspecified atom stereocenters. The predicted octanol–water partition coefficient (Wildman–Crippen LogP) is 0.912. The van der Waals surface area contributed by atoms with E-state index in [4.69, 9.17) is 16.7 Å². The van der Waals surface area contributed by atoms with Gasteiger partial charge in [-0.2, -0.15) is 5.10 Å². The molecule has 0 bridgehead atoms. The molecule has 0 saturated heterocycles. The highest BCUT2D eigenvalue weighted by atomic mass is 35.5. The van der Waals surface area contributed by atoms with Gasteiger partial charge in [0.15, 0.2) is 0 Å². The number of aromatic carboxylic acids is 1. The van der Waals surface area contributed by atoms with Crippen molar-refractivity contribution in [3.8, 4) is 5.69 Å². The topological polar surface area (TPSA) is 88.0 Å². The smallest absolute Gasteiger partial charge is 0.347 e. The third-order valence-corrected chi connectivity index (χ3v) is 2.18. The Kier molecular flexibility index (Phi) is 2.49. The molecule has 0 aliphatic rings. The Morgan fingerprint density at radius 3 is 2.75 bits per heavy atom. The maximum Gasteiger partial charge on any atom is 0.347 e. The Labute approximate surface area is 94.1 Å². The molecule has 1 aromatic carbocycles. The fourth-order valence-corrected chi connectivity index (χ4v) is 1.50. The average molecular weight is 240 g/mol. The SMILES string of the molecule is O=C(O)c1cc(Cl)cc(-n2cn[nH]c2=O)c1. The molecule has 1 heterocycles. The summed E-state index contributed by atoms with van der Waals surface area (Å²) < 4.78 is 1.16. The number of carboxylic acids is 1. The van der Waals surface area contributed by atoms with Crippen molar-refractivity contribution in [2.75, 3.05) is 0 Å². The van der Waals surface area contributed by atoms with Crippen LogP contribution in [0.1, 0.15) is 10.4 Å². The zero-order chi connectivity index (χ0) is 11.7. The number of benzene rings is 1. The summed E-state index contributed by atoms with van der Waals surface area (Å²) in [4.78, 5) is 22.1. The lowest BCUT2D eigenvalue weighted by atomic mass is 10.2. The van der Waals surface area contributed by atoms with Crippen LogP contribution >= 0.6 is 11.6 Å². The number of aromatic amines is 1. The van der Waals surface area contributed by atoms with Gasteiger partial charge in [0, 0.05) is 5.02 Å². The van der Waals surface area contributed by atoms with E-state index in [0.717, 1.165) is 0 Å². The zero-order valence-electron chi connectivity index (χ0n) is 7.85. The summed E-state index contributed by atoms with van der Waals surface area (Å²) in [5.74, 6) is -1.11. The second kappa shape index (κ2) is 3.82. The van der Waals surface area contributed by atoms with E-state index in [-0.39, 0.29) is 10.6 Å². The van der Waals surface area contributed by atoms with Crippen molar-refractivity contribution in [2.24, 2.45) is 0 Å². The van der Waals surface area contributed by atoms with Crippen molar-refractivity contribution in [3.05, 3.63) is 45.6 Å². The van der Waals surface area contributed by atoms with Crippen molar-refractivity contribution in [2.45, 2.75) is 0 Å². The lowest BCUT2D eigenvalue weighted by Crippen LogP contribution is -2.14. The van der Waals surface area contributed by atoms with Crippen LogP contribution in [-0.2, 0) is 0 Å². The first-order chi connectivity index (χ1) is 7.58. The summed E-state index contributed by atoms with van der Waals surface area (Å²) in [6.07, 6.45) is 1.25. The minimum absolute atomic E-state index is 0.00981. The first kappa shape index (κ1) is 10.4. The van der Waals surface area contributed by atoms with E-state index in [1.807, 2.05) is 0 Å². The van der Waals surface area contributed by atoms with E-state index in [9.17, 15) is 9.59 Å². The molecule has 6 nitrogen and oxygen atoms in total. The lowest BCUT2D eigenvalue weighted by molar-refractivity contribution is 0.0697. The first-order valence-corrected chi connectivity index (χ1v) is 4.62. The van der Waals surface area contributed by atoms with Gasteiger partial charge in [0.1, 0.15) is 6.33 Å². The quantitative estimate of drug-likeness (QED) is 0.815. The molecule has 1 aromatic heterocycles. The average Bonchev–Trinajstić information content (AvgIpc) is 2.63. The van der Waals surface area contributed by atoms with Crippen molar-refractivity contribution in [3.63, 3.8) is 0 Å². The molecule has 2 N–H and O–H groups in total. The number of rotatable bonds is 2. The number of hydrogen-bond acceptors (Lipinski definition) is 3. The van der Waals surface area contributed by atoms with Gasteiger partial charge in [0.2, 0.25) is 0 Å². The molecule has 0 aliphatic heterocycles. The monoisotopic (exact) mass is 239 g/mol. The minimum atomic E-state index is -1.11. The minimum Gasteiger partial charge on any atom is -0.478 e. The molecule has 0 aliphatic carbocycles. The molecule has 7 heteroatoms. The van der Waals surface area contributed by atoms with Gasteiger partial charge in [-0.25, -0.2) is 19.3 Å². The van der Waals surface area contributed by atoms with Crippen LogP contribution in [0.4, 0.5) is 0 Å². The van der Waals surface area contributed by atoms with E-state index >= 15 is 0 Å². The van der Waals surface area contributed by atoms with Crippen LogP contribution < -0.4 is 5.69 Å². The van der Waals surface area contributed by atoms with Crippen LogP contribution in [-0.4, -0.2) is 25.8 Å². The van der Waals surface area contributed by atoms with E-state index in [0.29, 0.717) is 5.69 Å². The van der Waals surface area contributed by atoms with Crippen LogP contribution in [0.15, 0.2) is 29.3 Å². The van der Waals surface area contributed by atoms with Crippen LogP contribution in [0.5, 0.6) is 0 Å². The first-order valence-electron chi connectivity index (χ1n) is 4.24. The Hall–Kier alpha value is -2.08. The van der Waals surface area contributed by atoms with E-state index in [1.54, 1.807) is 0 Å². The number of carbonyl (C=O) groups is 1. The summed E-state index contributed by atoms with van der Waals surface area (Å²) in [5, 5.41) is 14.8. The van der Waals surface area contributed by atoms with Crippen molar-refractivity contribution < 1.29 is 9.90 Å². The second-order valence-corrected chi connectivity index (χ2v) is 3.47. The van der Waals surface area contributed by atoms with Gasteiger partial charge >= 0.3 is 11.7 Å². The number of carboxylic acid groups (broad SMARTS) is 1. The molecule has 0 fully saturated rings. The number of aromatic nitrogens is 3. The second-order valence-electron chi connectivity index (χ2n) is 3.03. The lowest BCUT2D eigenvalue weighted by Gasteiger charge is -2.02. The number of hydrogen-bond donors (Lipinski definition) is 2. The van der Waals surface area contributed by atoms with Gasteiger partial charge < -0.3 is 5.11 Å². The third kappa shape index (κ3) is 1.82. The number of nitrogens with zero attached hydrogens (tertiary/aromatic N) is 2. The molecule has 0 atom stereocenters. The van der Waals surface area contributed by atoms with Gasteiger partial charge in [-0.1, -0.05) is 11.6 Å². The highest BCUT2D eigenvalue weighted by Gasteiger charge is 2.08. The van der Waals surface area contributed by atoms with Gasteiger partial charge in [0.25, 0.3) is 0 Å². The molecule has 0 spiro atoms. The molecule has 2 aromatic rings. The zero-order valence-corrected chi connectivity index (χ0v) is 8.60. The van der Waals surface area contributed by atoms with E-state index < -0.39 is 11.7 Å². The summed E-state index contributed by atoms with van der Waals surface area (Å²) in [6, 6.07) is 4.12. The summed E-state index contributed by atoms with van der Waals surface area (Å²) in [6.45, 7) is 0. The van der Waals surface area contributed by atoms with Crippen molar-refractivity contribution in [1.82, 2.24) is 14.8 Å². The molecular weight excluding hydrogens is 234 g/mol. The highest BCUT2D eigenvalue weighted by molar-refractivity contribution is 6.31. The van der Waals surface area contributed by atoms with Gasteiger partial charge in [0.05, 0.1) is 11.3 Å². The molecular formula is C9H6ClN3O3. The largest absolute Gasteiger partial charge is 0.478 e. The Morgan fingerprint density at radius 2 is 2.19 bits per heavy atom. The standard InChI is InChI=1S/C9H6ClN3O3/c10-6-1-5(8(14)15)2-7(3-6)13-4-11-12-9(13)16/h1-4H,(H,12,16)(H,14,15). The number of halogens is 1. The van der Waals surface area contributed by atoms with Gasteiger partial charge in [-0.05, 0) is 18.2 Å². The van der Waals surface area contributed by atoms with Crippen LogP contribution in [0.3, 0.4) is 0 Å². The van der Waals surface area contributed by atoms with Crippen LogP contribution in [0, 0.1) is 0 Å². The normalized spacial score (nSPS) is 10.3. The molecule has 0 amide bonds. The van der Waals surface area contributed by atoms with E-state index in [2.05, 4.69) is 10.2 Å². The molecule has 2 rings (SSSR count). The number of H-pyrrole nitrogens is 1. The van der Waals surface area contributed by atoms with Gasteiger partial charge in [-0.15, -0.1) is 0 Å². The fourth-order valence-electron chi connectivity index (χ4n) is 1.27. The summed E-state index contributed by atoms with van der Waals surface area (Å²) >= 11 is 5.75. The Balaban J connectivity index is 2.62. The maximum absolute atomic E-state index is 11.3. The molecule has 16 heavy (non-hydrogen) atoms. The Bertz CT molecular complexity index is 602. The molecule has 0 saturated carbocycles. The van der Waals surface area contributed by atoms with Crippen LogP contribution in [0.2, 0.25) is 5.02 Å². The highest BCUT2D eigenvalue weighted by Crippen LogP contribution is 2.17. The molecule has 82 valence electrons. The summed E-state index contributed by atoms with van der Waals surface area (Å²) in [5.41, 5.74) is -0.0992. The van der Waals surface area contributed by atoms with Crippen molar-refractivity contribution in [1.29, 1.82) is 0 Å². The third-order valence-electron chi connectivity index (χ3n) is 1.96. The fraction of sp³-hybridized carbons (Fsp3) is 0. The Morgan fingerprint density at radius 1 is 1.44 bits per heavy atom. The van der Waals surface area contributed by atoms with E-state index in [1.165, 1.54) is 29.1 Å². The molecule has 0 radical (unpaired) electrons. The maximum atomic E-state index is 11.3. The van der Waals surface area contributed by atoms with Crippen molar-refractivity contribution >= 4 is 17.6 Å². The number of nitrogens with one attached hydrogen (secondary N) is 1. The summed E-state index contributed by atoms with van der Waals surface area (Å²) in [7, 11) is 0. The predicted molar refractivity (Wildman–Crippen MR) is 56.2 cm³/mol.